The van der Waals surface area contributed by atoms with Crippen LogP contribution in [0.3, 0.4) is 0 Å². The lowest BCUT2D eigenvalue weighted by Gasteiger charge is -2.10. The first-order chi connectivity index (χ1) is 13.6. The zero-order valence-electron chi connectivity index (χ0n) is 15.7. The molecule has 4 aromatic rings. The number of aromatic hydroxyl groups is 1. The molecule has 7 heteroatoms. The molecule has 0 aliphatic carbocycles. The number of rotatable bonds is 5. The van der Waals surface area contributed by atoms with Gasteiger partial charge in [0, 0.05) is 11.1 Å². The predicted octanol–water partition coefficient (Wildman–Crippen LogP) is 3.79. The summed E-state index contributed by atoms with van der Waals surface area (Å²) in [6.07, 6.45) is 1.77. The number of phenols is 1. The van der Waals surface area contributed by atoms with E-state index in [2.05, 4.69) is 4.98 Å². The molecule has 0 aliphatic rings. The summed E-state index contributed by atoms with van der Waals surface area (Å²) in [5, 5.41) is 14.6. The van der Waals surface area contributed by atoms with Crippen LogP contribution >= 0.6 is 0 Å². The molecule has 0 amide bonds. The number of fused-ring (bicyclic) bond motifs is 1. The Morgan fingerprint density at radius 1 is 0.786 bits per heavy atom. The van der Waals surface area contributed by atoms with Crippen molar-refractivity contribution in [2.45, 2.75) is 0 Å². The van der Waals surface area contributed by atoms with Crippen molar-refractivity contribution >= 4 is 5.65 Å². The molecule has 2 aromatic heterocycles. The van der Waals surface area contributed by atoms with Crippen molar-refractivity contribution in [3.63, 3.8) is 0 Å². The standard InChI is InChI=1S/C21H19N3O4/c1-26-18-8-5-14(11-20(18)28-3)16-12-22-21-9-6-15(23-24(16)21)13-4-7-17(25)19(10-13)27-2/h4-12,25H,1-3H3. The fraction of sp³-hybridized carbons (Fsp3) is 0.143. The van der Waals surface area contributed by atoms with Gasteiger partial charge in [-0.25, -0.2) is 9.50 Å². The molecule has 142 valence electrons. The maximum absolute atomic E-state index is 9.82. The summed E-state index contributed by atoms with van der Waals surface area (Å²) in [5.41, 5.74) is 4.00. The van der Waals surface area contributed by atoms with E-state index in [1.165, 1.54) is 7.11 Å². The van der Waals surface area contributed by atoms with E-state index >= 15 is 0 Å². The van der Waals surface area contributed by atoms with Gasteiger partial charge in [-0.3, -0.25) is 0 Å². The Morgan fingerprint density at radius 2 is 1.50 bits per heavy atom. The highest BCUT2D eigenvalue weighted by atomic mass is 16.5. The van der Waals surface area contributed by atoms with E-state index in [1.807, 2.05) is 30.3 Å². The SMILES string of the molecule is COc1cc(-c2ccc3ncc(-c4ccc(OC)c(OC)c4)n3n2)ccc1O. The number of benzene rings is 2. The van der Waals surface area contributed by atoms with Gasteiger partial charge >= 0.3 is 0 Å². The smallest absolute Gasteiger partial charge is 0.161 e. The molecule has 0 aliphatic heterocycles. The maximum Gasteiger partial charge on any atom is 0.161 e. The highest BCUT2D eigenvalue weighted by molar-refractivity contribution is 5.69. The molecular formula is C21H19N3O4. The minimum Gasteiger partial charge on any atom is -0.504 e. The van der Waals surface area contributed by atoms with Crippen molar-refractivity contribution in [2.75, 3.05) is 21.3 Å². The van der Waals surface area contributed by atoms with Gasteiger partial charge in [0.25, 0.3) is 0 Å². The average molecular weight is 377 g/mol. The molecule has 0 spiro atoms. The van der Waals surface area contributed by atoms with Crippen molar-refractivity contribution in [3.05, 3.63) is 54.7 Å². The molecule has 0 atom stereocenters. The quantitative estimate of drug-likeness (QED) is 0.570. The first-order valence-corrected chi connectivity index (χ1v) is 8.59. The predicted molar refractivity (Wildman–Crippen MR) is 105 cm³/mol. The van der Waals surface area contributed by atoms with Crippen LogP contribution in [0.2, 0.25) is 0 Å². The Morgan fingerprint density at radius 3 is 2.25 bits per heavy atom. The normalized spacial score (nSPS) is 10.8. The van der Waals surface area contributed by atoms with E-state index in [-0.39, 0.29) is 5.75 Å². The molecular weight excluding hydrogens is 358 g/mol. The summed E-state index contributed by atoms with van der Waals surface area (Å²) < 4.78 is 17.7. The van der Waals surface area contributed by atoms with Gasteiger partial charge < -0.3 is 19.3 Å². The van der Waals surface area contributed by atoms with E-state index in [9.17, 15) is 5.11 Å². The second kappa shape index (κ2) is 7.11. The topological polar surface area (TPSA) is 78.1 Å². The maximum atomic E-state index is 9.82. The zero-order chi connectivity index (χ0) is 19.7. The Hall–Kier alpha value is -3.74. The first-order valence-electron chi connectivity index (χ1n) is 8.59. The van der Waals surface area contributed by atoms with Gasteiger partial charge in [0.05, 0.1) is 38.9 Å². The number of methoxy groups -OCH3 is 3. The van der Waals surface area contributed by atoms with Gasteiger partial charge in [-0.05, 0) is 48.5 Å². The Kier molecular flexibility index (Phi) is 4.49. The van der Waals surface area contributed by atoms with Gasteiger partial charge in [-0.15, -0.1) is 0 Å². The molecule has 28 heavy (non-hydrogen) atoms. The molecule has 0 radical (unpaired) electrons. The molecule has 0 unspecified atom stereocenters. The van der Waals surface area contributed by atoms with Gasteiger partial charge in [0.1, 0.15) is 0 Å². The minimum atomic E-state index is 0.0842. The third-order valence-electron chi connectivity index (χ3n) is 4.52. The van der Waals surface area contributed by atoms with Gasteiger partial charge in [0.2, 0.25) is 0 Å². The lowest BCUT2D eigenvalue weighted by Crippen LogP contribution is -1.98. The van der Waals surface area contributed by atoms with Gasteiger partial charge in [-0.1, -0.05) is 0 Å². The van der Waals surface area contributed by atoms with Crippen LogP contribution in [0, 0.1) is 0 Å². The summed E-state index contributed by atoms with van der Waals surface area (Å²) in [6.45, 7) is 0. The number of imidazole rings is 1. The van der Waals surface area contributed by atoms with Crippen molar-refractivity contribution in [1.29, 1.82) is 0 Å². The largest absolute Gasteiger partial charge is 0.504 e. The first kappa shape index (κ1) is 17.7. The van der Waals surface area contributed by atoms with Crippen LogP contribution in [-0.2, 0) is 0 Å². The number of nitrogens with zero attached hydrogens (tertiary/aromatic N) is 3. The third-order valence-corrected chi connectivity index (χ3v) is 4.52. The molecule has 0 fully saturated rings. The van der Waals surface area contributed by atoms with Crippen LogP contribution in [0.25, 0.3) is 28.2 Å². The van der Waals surface area contributed by atoms with Crippen LogP contribution in [0.5, 0.6) is 23.0 Å². The Bertz CT molecular complexity index is 1150. The fourth-order valence-electron chi connectivity index (χ4n) is 3.06. The zero-order valence-corrected chi connectivity index (χ0v) is 15.7. The summed E-state index contributed by atoms with van der Waals surface area (Å²) in [6, 6.07) is 14.6. The van der Waals surface area contributed by atoms with E-state index in [0.717, 1.165) is 28.2 Å². The van der Waals surface area contributed by atoms with E-state index in [4.69, 9.17) is 19.3 Å². The number of hydrogen-bond acceptors (Lipinski definition) is 6. The summed E-state index contributed by atoms with van der Waals surface area (Å²) in [4.78, 5) is 4.44. The molecule has 0 saturated heterocycles. The molecule has 2 heterocycles. The molecule has 1 N–H and O–H groups in total. The average Bonchev–Trinajstić information content (AvgIpc) is 3.16. The van der Waals surface area contributed by atoms with Crippen LogP contribution in [0.4, 0.5) is 0 Å². The second-order valence-corrected chi connectivity index (χ2v) is 6.09. The van der Waals surface area contributed by atoms with Crippen molar-refractivity contribution in [2.24, 2.45) is 0 Å². The minimum absolute atomic E-state index is 0.0842. The lowest BCUT2D eigenvalue weighted by molar-refractivity contribution is 0.355. The van der Waals surface area contributed by atoms with Gasteiger partial charge in [-0.2, -0.15) is 5.10 Å². The van der Waals surface area contributed by atoms with Crippen LogP contribution in [-0.4, -0.2) is 41.0 Å². The van der Waals surface area contributed by atoms with Crippen molar-refractivity contribution in [1.82, 2.24) is 14.6 Å². The second-order valence-electron chi connectivity index (χ2n) is 6.09. The number of ether oxygens (including phenoxy) is 3. The monoisotopic (exact) mass is 377 g/mol. The van der Waals surface area contributed by atoms with Crippen LogP contribution in [0.15, 0.2) is 54.7 Å². The number of phenolic OH excluding ortho intramolecular Hbond substituents is 1. The fourth-order valence-corrected chi connectivity index (χ4v) is 3.06. The van der Waals surface area contributed by atoms with E-state index < -0.39 is 0 Å². The molecule has 4 rings (SSSR count). The number of hydrogen-bond donors (Lipinski definition) is 1. The summed E-state index contributed by atoms with van der Waals surface area (Å²) in [5.74, 6) is 1.77. The number of aromatic nitrogens is 3. The van der Waals surface area contributed by atoms with Crippen molar-refractivity contribution in [3.8, 4) is 45.5 Å². The highest BCUT2D eigenvalue weighted by Gasteiger charge is 2.13. The Balaban J connectivity index is 1.83. The van der Waals surface area contributed by atoms with Crippen LogP contribution in [0.1, 0.15) is 0 Å². The van der Waals surface area contributed by atoms with Gasteiger partial charge in [0.15, 0.2) is 28.6 Å². The molecule has 0 saturated carbocycles. The molecule has 0 bridgehead atoms. The molecule has 2 aromatic carbocycles. The van der Waals surface area contributed by atoms with E-state index in [0.29, 0.717) is 17.2 Å². The van der Waals surface area contributed by atoms with Crippen molar-refractivity contribution < 1.29 is 19.3 Å². The van der Waals surface area contributed by atoms with Crippen LogP contribution < -0.4 is 14.2 Å². The molecule has 7 nitrogen and oxygen atoms in total. The summed E-state index contributed by atoms with van der Waals surface area (Å²) >= 11 is 0. The van der Waals surface area contributed by atoms with E-state index in [1.54, 1.807) is 43.1 Å². The lowest BCUT2D eigenvalue weighted by atomic mass is 10.1. The third kappa shape index (κ3) is 2.96. The Labute approximate surface area is 161 Å². The summed E-state index contributed by atoms with van der Waals surface area (Å²) in [7, 11) is 4.72. The highest BCUT2D eigenvalue weighted by Crippen LogP contribution is 2.33.